The van der Waals surface area contributed by atoms with Gasteiger partial charge in [0.05, 0.1) is 25.6 Å². The van der Waals surface area contributed by atoms with Gasteiger partial charge in [0.1, 0.15) is 17.2 Å². The SMILES string of the molecule is COc1cccc2c(-c3ccc4c(c3OC(C)=O)[C@@H](C)N(C=O)[C@H](C)C4)c(C)cc(OC)c12. The van der Waals surface area contributed by atoms with E-state index in [0.717, 1.165) is 45.0 Å². The van der Waals surface area contributed by atoms with Gasteiger partial charge in [0.25, 0.3) is 0 Å². The molecule has 0 unspecified atom stereocenters. The van der Waals surface area contributed by atoms with Crippen LogP contribution in [0, 0.1) is 6.92 Å². The highest BCUT2D eigenvalue weighted by atomic mass is 16.5. The van der Waals surface area contributed by atoms with Crippen molar-refractivity contribution in [1.29, 1.82) is 0 Å². The molecule has 0 saturated carbocycles. The van der Waals surface area contributed by atoms with Crippen molar-refractivity contribution in [3.63, 3.8) is 0 Å². The highest BCUT2D eigenvalue weighted by molar-refractivity contribution is 6.06. The van der Waals surface area contributed by atoms with E-state index in [1.54, 1.807) is 19.1 Å². The summed E-state index contributed by atoms with van der Waals surface area (Å²) >= 11 is 0. The standard InChI is InChI=1S/C27H29NO5/c1-15-12-23(32-6)26-20(8-7-9-22(26)31-5)24(15)21-11-10-19-13-16(2)28(14-29)17(3)25(19)27(21)33-18(4)30/h7-12,14,16-17H,13H2,1-6H3/t16-,17-/m1/s1. The monoisotopic (exact) mass is 447 g/mol. The number of hydrogen-bond acceptors (Lipinski definition) is 5. The summed E-state index contributed by atoms with van der Waals surface area (Å²) in [4.78, 5) is 25.8. The number of amides is 1. The summed E-state index contributed by atoms with van der Waals surface area (Å²) in [5.41, 5.74) is 4.67. The van der Waals surface area contributed by atoms with E-state index < -0.39 is 5.97 Å². The lowest BCUT2D eigenvalue weighted by atomic mass is 9.84. The largest absolute Gasteiger partial charge is 0.496 e. The molecule has 0 aromatic heterocycles. The van der Waals surface area contributed by atoms with Gasteiger partial charge in [-0.2, -0.15) is 0 Å². The molecule has 0 N–H and O–H groups in total. The summed E-state index contributed by atoms with van der Waals surface area (Å²) in [5.74, 6) is 1.52. The van der Waals surface area contributed by atoms with Gasteiger partial charge in [-0.05, 0) is 61.4 Å². The number of ether oxygens (including phenoxy) is 3. The average Bonchev–Trinajstić information content (AvgIpc) is 2.78. The van der Waals surface area contributed by atoms with Crippen LogP contribution in [0.1, 0.15) is 43.5 Å². The Hall–Kier alpha value is -3.54. The summed E-state index contributed by atoms with van der Waals surface area (Å²) in [5, 5.41) is 1.79. The molecule has 0 aliphatic carbocycles. The van der Waals surface area contributed by atoms with Crippen molar-refractivity contribution in [2.45, 2.75) is 46.2 Å². The number of aryl methyl sites for hydroxylation is 1. The number of methoxy groups -OCH3 is 2. The second-order valence-corrected chi connectivity index (χ2v) is 8.54. The quantitative estimate of drug-likeness (QED) is 0.305. The van der Waals surface area contributed by atoms with Crippen LogP contribution in [0.2, 0.25) is 0 Å². The van der Waals surface area contributed by atoms with Crippen molar-refractivity contribution >= 4 is 23.2 Å². The van der Waals surface area contributed by atoms with E-state index in [1.807, 2.05) is 51.1 Å². The van der Waals surface area contributed by atoms with E-state index >= 15 is 0 Å². The number of rotatable bonds is 5. The molecule has 1 heterocycles. The number of carbonyl (C=O) groups is 2. The molecule has 1 amide bonds. The zero-order valence-corrected chi connectivity index (χ0v) is 19.9. The molecule has 0 radical (unpaired) electrons. The summed E-state index contributed by atoms with van der Waals surface area (Å²) in [6.07, 6.45) is 1.57. The maximum absolute atomic E-state index is 12.2. The van der Waals surface area contributed by atoms with Gasteiger partial charge in [0.2, 0.25) is 6.41 Å². The van der Waals surface area contributed by atoms with Crippen LogP contribution >= 0.6 is 0 Å². The smallest absolute Gasteiger partial charge is 0.308 e. The lowest BCUT2D eigenvalue weighted by molar-refractivity contribution is -0.131. The minimum atomic E-state index is -0.402. The summed E-state index contributed by atoms with van der Waals surface area (Å²) in [6.45, 7) is 7.41. The average molecular weight is 448 g/mol. The van der Waals surface area contributed by atoms with Gasteiger partial charge in [0, 0.05) is 24.1 Å². The Bertz CT molecular complexity index is 1250. The molecule has 0 spiro atoms. The van der Waals surface area contributed by atoms with Crippen molar-refractivity contribution in [1.82, 2.24) is 4.90 Å². The lowest BCUT2D eigenvalue weighted by Gasteiger charge is -2.39. The lowest BCUT2D eigenvalue weighted by Crippen LogP contribution is -2.40. The molecule has 2 atom stereocenters. The van der Waals surface area contributed by atoms with Crippen LogP contribution in [-0.2, 0) is 16.0 Å². The van der Waals surface area contributed by atoms with Crippen molar-refractivity contribution in [2.24, 2.45) is 0 Å². The predicted octanol–water partition coefficient (Wildman–Crippen LogP) is 5.22. The zero-order valence-electron chi connectivity index (χ0n) is 19.9. The first-order valence-corrected chi connectivity index (χ1v) is 11.0. The topological polar surface area (TPSA) is 65.1 Å². The molecule has 1 aliphatic rings. The highest BCUT2D eigenvalue weighted by Crippen LogP contribution is 2.48. The molecule has 3 aromatic carbocycles. The number of esters is 1. The first-order valence-electron chi connectivity index (χ1n) is 11.0. The van der Waals surface area contributed by atoms with Gasteiger partial charge < -0.3 is 19.1 Å². The zero-order chi connectivity index (χ0) is 23.9. The number of hydrogen-bond donors (Lipinski definition) is 0. The van der Waals surface area contributed by atoms with Gasteiger partial charge in [-0.3, -0.25) is 9.59 Å². The van der Waals surface area contributed by atoms with Crippen molar-refractivity contribution in [3.8, 4) is 28.4 Å². The van der Waals surface area contributed by atoms with Gasteiger partial charge >= 0.3 is 5.97 Å². The van der Waals surface area contributed by atoms with Crippen LogP contribution in [0.15, 0.2) is 36.4 Å². The minimum absolute atomic E-state index is 0.0637. The van der Waals surface area contributed by atoms with Crippen LogP contribution in [0.3, 0.4) is 0 Å². The van der Waals surface area contributed by atoms with Gasteiger partial charge in [0.15, 0.2) is 0 Å². The van der Waals surface area contributed by atoms with Crippen LogP contribution in [0.5, 0.6) is 17.2 Å². The van der Waals surface area contributed by atoms with E-state index in [0.29, 0.717) is 23.7 Å². The molecule has 6 heteroatoms. The normalized spacial score (nSPS) is 17.5. The molecule has 0 fully saturated rings. The number of carbonyl (C=O) groups excluding carboxylic acids is 2. The van der Waals surface area contributed by atoms with E-state index in [4.69, 9.17) is 14.2 Å². The van der Waals surface area contributed by atoms with E-state index in [2.05, 4.69) is 6.07 Å². The van der Waals surface area contributed by atoms with Crippen molar-refractivity contribution in [2.75, 3.05) is 14.2 Å². The molecule has 0 saturated heterocycles. The summed E-state index contributed by atoms with van der Waals surface area (Å²) in [7, 11) is 3.27. The first-order chi connectivity index (χ1) is 15.8. The maximum atomic E-state index is 12.2. The van der Waals surface area contributed by atoms with Crippen LogP contribution in [0.25, 0.3) is 21.9 Å². The molecule has 0 bridgehead atoms. The molecular formula is C27H29NO5. The third-order valence-corrected chi connectivity index (χ3v) is 6.54. The second-order valence-electron chi connectivity index (χ2n) is 8.54. The van der Waals surface area contributed by atoms with Crippen LogP contribution in [0.4, 0.5) is 0 Å². The van der Waals surface area contributed by atoms with Crippen LogP contribution < -0.4 is 14.2 Å². The number of fused-ring (bicyclic) bond motifs is 2. The second kappa shape index (κ2) is 8.77. The van der Waals surface area contributed by atoms with Crippen LogP contribution in [-0.4, -0.2) is 37.5 Å². The number of nitrogens with zero attached hydrogens (tertiary/aromatic N) is 1. The predicted molar refractivity (Wildman–Crippen MR) is 128 cm³/mol. The highest BCUT2D eigenvalue weighted by Gasteiger charge is 2.33. The Morgan fingerprint density at radius 2 is 1.82 bits per heavy atom. The molecule has 4 rings (SSSR count). The van der Waals surface area contributed by atoms with Crippen molar-refractivity contribution in [3.05, 3.63) is 53.1 Å². The van der Waals surface area contributed by atoms with Gasteiger partial charge in [-0.1, -0.05) is 24.3 Å². The third-order valence-electron chi connectivity index (χ3n) is 6.54. The molecule has 6 nitrogen and oxygen atoms in total. The fraction of sp³-hybridized carbons (Fsp3) is 0.333. The molecule has 3 aromatic rings. The van der Waals surface area contributed by atoms with Gasteiger partial charge in [-0.15, -0.1) is 0 Å². The third kappa shape index (κ3) is 3.69. The summed E-state index contributed by atoms with van der Waals surface area (Å²) in [6, 6.07) is 11.8. The first kappa shape index (κ1) is 22.6. The molecule has 33 heavy (non-hydrogen) atoms. The Morgan fingerprint density at radius 3 is 2.45 bits per heavy atom. The fourth-order valence-electron chi connectivity index (χ4n) is 5.11. The summed E-state index contributed by atoms with van der Waals surface area (Å²) < 4.78 is 17.2. The fourth-order valence-corrected chi connectivity index (χ4v) is 5.11. The van der Waals surface area contributed by atoms with Gasteiger partial charge in [-0.25, -0.2) is 0 Å². The Morgan fingerprint density at radius 1 is 1.09 bits per heavy atom. The van der Waals surface area contributed by atoms with E-state index in [-0.39, 0.29) is 12.1 Å². The van der Waals surface area contributed by atoms with Crippen molar-refractivity contribution < 1.29 is 23.8 Å². The maximum Gasteiger partial charge on any atom is 0.308 e. The Labute approximate surface area is 194 Å². The minimum Gasteiger partial charge on any atom is -0.496 e. The number of benzene rings is 3. The van der Waals surface area contributed by atoms with E-state index in [1.165, 1.54) is 6.92 Å². The molecular weight excluding hydrogens is 418 g/mol. The Balaban J connectivity index is 2.09. The Kier molecular flexibility index (Phi) is 6.02. The van der Waals surface area contributed by atoms with E-state index in [9.17, 15) is 9.59 Å². The molecule has 172 valence electrons. The molecule has 1 aliphatic heterocycles.